The number of hydrogen-bond donors (Lipinski definition) is 0. The van der Waals surface area contributed by atoms with Crippen molar-refractivity contribution in [2.24, 2.45) is 4.99 Å². The van der Waals surface area contributed by atoms with Gasteiger partial charge in [0, 0.05) is 28.3 Å². The molecule has 1 unspecified atom stereocenters. The molecule has 2 aromatic heterocycles. The maximum atomic E-state index is 13.9. The highest BCUT2D eigenvalue weighted by molar-refractivity contribution is 7.07. The molecule has 0 N–H and O–H groups in total. The van der Waals surface area contributed by atoms with E-state index in [1.807, 2.05) is 31.2 Å². The van der Waals surface area contributed by atoms with E-state index in [0.29, 0.717) is 48.6 Å². The first-order valence-electron chi connectivity index (χ1n) is 12.5. The smallest absolute Gasteiger partial charge is 0.338 e. The van der Waals surface area contributed by atoms with Crippen molar-refractivity contribution in [3.05, 3.63) is 101 Å². The molecule has 0 fully saturated rings. The number of allylic oxidation sites excluding steroid dienone is 1. The molecule has 2 aromatic carbocycles. The molecule has 5 rings (SSSR count). The van der Waals surface area contributed by atoms with Crippen LogP contribution >= 0.6 is 22.9 Å². The van der Waals surface area contributed by atoms with Gasteiger partial charge in [-0.2, -0.15) is 0 Å². The number of ether oxygens (including phenoxy) is 3. The molecule has 0 bridgehead atoms. The van der Waals surface area contributed by atoms with Crippen molar-refractivity contribution in [1.82, 2.24) is 4.57 Å². The Labute approximate surface area is 239 Å². The van der Waals surface area contributed by atoms with Crippen molar-refractivity contribution in [1.29, 1.82) is 0 Å². The highest BCUT2D eigenvalue weighted by atomic mass is 35.5. The molecule has 3 heterocycles. The Bertz CT molecular complexity index is 1830. The molecule has 1 aliphatic heterocycles. The lowest BCUT2D eigenvalue weighted by Crippen LogP contribution is -2.40. The van der Waals surface area contributed by atoms with E-state index in [-0.39, 0.29) is 17.7 Å². The summed E-state index contributed by atoms with van der Waals surface area (Å²) in [5, 5.41) is 0.605. The fourth-order valence-corrected chi connectivity index (χ4v) is 5.89. The minimum atomic E-state index is -0.820. The lowest BCUT2D eigenvalue weighted by Gasteiger charge is -2.26. The summed E-state index contributed by atoms with van der Waals surface area (Å²) in [5.41, 5.74) is 2.89. The van der Waals surface area contributed by atoms with Crippen molar-refractivity contribution in [2.75, 3.05) is 20.8 Å². The van der Waals surface area contributed by atoms with E-state index in [0.717, 1.165) is 11.1 Å². The summed E-state index contributed by atoms with van der Waals surface area (Å²) >= 11 is 7.41. The van der Waals surface area contributed by atoms with Gasteiger partial charge < -0.3 is 18.6 Å². The number of hydrogen-bond acceptors (Lipinski definition) is 8. The fourth-order valence-electron chi connectivity index (χ4n) is 4.69. The Morgan fingerprint density at radius 2 is 1.93 bits per heavy atom. The number of carbonyl (C=O) groups is 1. The van der Waals surface area contributed by atoms with E-state index in [1.54, 1.807) is 51.3 Å². The normalized spacial score (nSPS) is 15.1. The predicted octanol–water partition coefficient (Wildman–Crippen LogP) is 5.04. The molecule has 0 spiro atoms. The maximum absolute atomic E-state index is 13.9. The van der Waals surface area contributed by atoms with Crippen LogP contribution in [0.2, 0.25) is 5.02 Å². The third-order valence-electron chi connectivity index (χ3n) is 6.62. The van der Waals surface area contributed by atoms with Crippen molar-refractivity contribution in [2.45, 2.75) is 26.8 Å². The predicted molar refractivity (Wildman–Crippen MR) is 154 cm³/mol. The van der Waals surface area contributed by atoms with Gasteiger partial charge in [0.1, 0.15) is 29.1 Å². The van der Waals surface area contributed by atoms with Gasteiger partial charge in [0.15, 0.2) is 4.80 Å². The second-order valence-electron chi connectivity index (χ2n) is 9.07. The summed E-state index contributed by atoms with van der Waals surface area (Å²) in [6.07, 6.45) is 1.68. The minimum absolute atomic E-state index is 0.180. The molecule has 0 saturated heterocycles. The number of nitrogens with zero attached hydrogens (tertiary/aromatic N) is 2. The average molecular weight is 579 g/mol. The SMILES string of the molecule is CCOC(=O)C1=C(C)N=c2s/c(=C\c3ccc(-c4cc(Cl)ccc4C)o3)c(=O)n2C1c1ccc(OC)cc1OC. The van der Waals surface area contributed by atoms with Crippen LogP contribution in [0.25, 0.3) is 17.4 Å². The Hall–Kier alpha value is -4.08. The molecule has 40 heavy (non-hydrogen) atoms. The van der Waals surface area contributed by atoms with Crippen molar-refractivity contribution in [3.63, 3.8) is 0 Å². The number of thiazole rings is 1. The zero-order valence-electron chi connectivity index (χ0n) is 22.6. The first-order valence-corrected chi connectivity index (χ1v) is 13.7. The Kier molecular flexibility index (Phi) is 7.69. The molecule has 10 heteroatoms. The third kappa shape index (κ3) is 4.98. The van der Waals surface area contributed by atoms with Gasteiger partial charge >= 0.3 is 5.97 Å². The molecular formula is C30H27ClN2O6S. The van der Waals surface area contributed by atoms with Crippen LogP contribution in [0.1, 0.15) is 36.8 Å². The summed E-state index contributed by atoms with van der Waals surface area (Å²) in [5.74, 6) is 1.63. The van der Waals surface area contributed by atoms with Gasteiger partial charge in [-0.3, -0.25) is 9.36 Å². The topological polar surface area (TPSA) is 92.3 Å². The van der Waals surface area contributed by atoms with Gasteiger partial charge in [-0.1, -0.05) is 29.0 Å². The van der Waals surface area contributed by atoms with E-state index >= 15 is 0 Å². The monoisotopic (exact) mass is 578 g/mol. The number of fused-ring (bicyclic) bond motifs is 1. The fraction of sp³-hybridized carbons (Fsp3) is 0.233. The Morgan fingerprint density at radius 3 is 2.65 bits per heavy atom. The Balaban J connectivity index is 1.68. The highest BCUT2D eigenvalue weighted by Gasteiger charge is 2.35. The number of aromatic nitrogens is 1. The number of aryl methyl sites for hydroxylation is 1. The number of furan rings is 1. The van der Waals surface area contributed by atoms with E-state index in [2.05, 4.69) is 4.99 Å². The van der Waals surface area contributed by atoms with Crippen LogP contribution in [0.3, 0.4) is 0 Å². The standard InChI is InChI=1S/C30H27ClN2O6S/c1-6-38-29(35)26-17(3)32-30-33(27(26)21-11-9-19(36-4)14-24(21)37-5)28(34)25(40-30)15-20-10-12-23(39-20)22-13-18(31)8-7-16(22)2/h7-15,27H,6H2,1-5H3/b25-15-. The number of esters is 1. The van der Waals surface area contributed by atoms with Gasteiger partial charge in [0.2, 0.25) is 0 Å². The number of benzene rings is 2. The first-order chi connectivity index (χ1) is 19.2. The summed E-state index contributed by atoms with van der Waals surface area (Å²) in [7, 11) is 3.08. The van der Waals surface area contributed by atoms with Crippen LogP contribution in [-0.2, 0) is 9.53 Å². The van der Waals surface area contributed by atoms with E-state index < -0.39 is 12.0 Å². The molecule has 0 radical (unpaired) electrons. The molecule has 4 aromatic rings. The van der Waals surface area contributed by atoms with Crippen LogP contribution in [0.4, 0.5) is 0 Å². The maximum Gasteiger partial charge on any atom is 0.338 e. The summed E-state index contributed by atoms with van der Waals surface area (Å²) in [6, 6.07) is 13.7. The van der Waals surface area contributed by atoms with E-state index in [1.165, 1.54) is 23.0 Å². The summed E-state index contributed by atoms with van der Waals surface area (Å²) in [6.45, 7) is 5.62. The molecule has 206 valence electrons. The first kappa shape index (κ1) is 27.5. The van der Waals surface area contributed by atoms with Crippen LogP contribution in [0.15, 0.2) is 74.0 Å². The second-order valence-corrected chi connectivity index (χ2v) is 10.5. The molecule has 1 atom stereocenters. The molecule has 0 saturated carbocycles. The van der Waals surface area contributed by atoms with Crippen LogP contribution in [0.5, 0.6) is 11.5 Å². The number of carbonyl (C=O) groups excluding carboxylic acids is 1. The zero-order valence-corrected chi connectivity index (χ0v) is 24.2. The molecule has 8 nitrogen and oxygen atoms in total. The van der Waals surface area contributed by atoms with Gasteiger partial charge in [0.05, 0.1) is 36.6 Å². The Morgan fingerprint density at radius 1 is 1.12 bits per heavy atom. The van der Waals surface area contributed by atoms with Crippen molar-refractivity contribution >= 4 is 35.0 Å². The van der Waals surface area contributed by atoms with Gasteiger partial charge in [0.25, 0.3) is 5.56 Å². The molecule has 1 aliphatic rings. The minimum Gasteiger partial charge on any atom is -0.497 e. The van der Waals surface area contributed by atoms with Crippen molar-refractivity contribution < 1.29 is 23.4 Å². The number of methoxy groups -OCH3 is 2. The molecule has 0 amide bonds. The van der Waals surface area contributed by atoms with E-state index in [4.69, 9.17) is 30.2 Å². The van der Waals surface area contributed by atoms with Gasteiger partial charge in [-0.05, 0) is 62.7 Å². The quantitative estimate of drug-likeness (QED) is 0.285. The zero-order chi connectivity index (χ0) is 28.6. The average Bonchev–Trinajstić information content (AvgIpc) is 3.53. The molecule has 0 aliphatic carbocycles. The van der Waals surface area contributed by atoms with Gasteiger partial charge in [-0.25, -0.2) is 9.79 Å². The lowest BCUT2D eigenvalue weighted by molar-refractivity contribution is -0.139. The molecular weight excluding hydrogens is 552 g/mol. The summed E-state index contributed by atoms with van der Waals surface area (Å²) < 4.78 is 24.4. The largest absolute Gasteiger partial charge is 0.497 e. The number of rotatable bonds is 7. The van der Waals surface area contributed by atoms with Crippen LogP contribution in [0, 0.1) is 6.92 Å². The number of halogens is 1. The van der Waals surface area contributed by atoms with E-state index in [9.17, 15) is 9.59 Å². The lowest BCUT2D eigenvalue weighted by atomic mass is 9.95. The highest BCUT2D eigenvalue weighted by Crippen LogP contribution is 2.37. The summed E-state index contributed by atoms with van der Waals surface area (Å²) in [4.78, 5) is 32.2. The van der Waals surface area contributed by atoms with Crippen molar-refractivity contribution in [3.8, 4) is 22.8 Å². The second kappa shape index (κ2) is 11.2. The third-order valence-corrected chi connectivity index (χ3v) is 7.84. The van der Waals surface area contributed by atoms with Crippen LogP contribution in [-0.4, -0.2) is 31.4 Å². The van der Waals surface area contributed by atoms with Gasteiger partial charge in [-0.15, -0.1) is 0 Å². The van der Waals surface area contributed by atoms with Crippen LogP contribution < -0.4 is 24.4 Å².